The molecule has 1 aromatic heterocycles. The van der Waals surface area contributed by atoms with Gasteiger partial charge in [0.15, 0.2) is 5.13 Å². The molecule has 1 N–H and O–H groups in total. The number of esters is 1. The lowest BCUT2D eigenvalue weighted by Crippen LogP contribution is -2.29. The quantitative estimate of drug-likeness (QED) is 0.141. The van der Waals surface area contributed by atoms with Crippen LogP contribution in [0.5, 0.6) is 5.75 Å². The van der Waals surface area contributed by atoms with Crippen LogP contribution in [-0.4, -0.2) is 41.5 Å². The predicted molar refractivity (Wildman–Crippen MR) is 145 cm³/mol. The Balaban J connectivity index is 1.67. The summed E-state index contributed by atoms with van der Waals surface area (Å²) in [4.78, 5) is 44.6. The maximum Gasteiger partial charge on any atom is 0.337 e. The van der Waals surface area contributed by atoms with E-state index in [1.807, 2.05) is 6.92 Å². The minimum atomic E-state index is -0.996. The van der Waals surface area contributed by atoms with Gasteiger partial charge in [0.05, 0.1) is 41.1 Å². The number of ether oxygens (including phenoxy) is 2. The minimum Gasteiger partial charge on any atom is -0.507 e. The molecule has 0 saturated carbocycles. The Bertz CT molecular complexity index is 1590. The summed E-state index contributed by atoms with van der Waals surface area (Å²) in [6.07, 6.45) is 0. The second-order valence-corrected chi connectivity index (χ2v) is 9.79. The number of aliphatic hydroxyl groups is 1. The van der Waals surface area contributed by atoms with Crippen LogP contribution in [0.2, 0.25) is 5.02 Å². The number of carbonyl (C=O) groups is 3. The van der Waals surface area contributed by atoms with Gasteiger partial charge in [0.25, 0.3) is 5.78 Å². The van der Waals surface area contributed by atoms with Crippen LogP contribution in [-0.2, 0) is 14.3 Å². The van der Waals surface area contributed by atoms with E-state index in [9.17, 15) is 19.5 Å². The highest BCUT2D eigenvalue weighted by Gasteiger charge is 2.48. The summed E-state index contributed by atoms with van der Waals surface area (Å²) in [5, 5.41) is 12.1. The first kappa shape index (κ1) is 25.4. The number of thiazole rings is 1. The molecule has 38 heavy (non-hydrogen) atoms. The van der Waals surface area contributed by atoms with E-state index >= 15 is 0 Å². The summed E-state index contributed by atoms with van der Waals surface area (Å²) >= 11 is 7.34. The molecular formula is C28H21ClN2O6S. The van der Waals surface area contributed by atoms with Gasteiger partial charge in [0, 0.05) is 10.6 Å². The maximum atomic E-state index is 13.4. The van der Waals surface area contributed by atoms with Gasteiger partial charge in [-0.05, 0) is 67.1 Å². The number of nitrogens with zero attached hydrogens (tertiary/aromatic N) is 2. The van der Waals surface area contributed by atoms with Gasteiger partial charge in [-0.25, -0.2) is 9.78 Å². The van der Waals surface area contributed by atoms with Crippen molar-refractivity contribution in [1.82, 2.24) is 4.98 Å². The average Bonchev–Trinajstić information content (AvgIpc) is 3.46. The zero-order chi connectivity index (χ0) is 27.0. The zero-order valence-corrected chi connectivity index (χ0v) is 21.9. The highest BCUT2D eigenvalue weighted by Crippen LogP contribution is 2.44. The average molecular weight is 549 g/mol. The number of rotatable bonds is 6. The number of halogens is 1. The lowest BCUT2D eigenvalue weighted by Gasteiger charge is -2.23. The number of hydrogen-bond acceptors (Lipinski definition) is 8. The number of ketones is 1. The standard InChI is InChI=1S/C28H21ClN2O6S/c1-3-37-19-11-8-16(9-12-19)24(32)22-23(15-4-6-17(7-5-15)27(35)36-2)31(26(34)25(22)33)28-30-20-13-10-18(29)14-21(20)38-28/h4-14,23,32H,3H2,1-2H3/b24-22+. The third-order valence-electron chi connectivity index (χ3n) is 6.08. The molecule has 1 saturated heterocycles. The Morgan fingerprint density at radius 2 is 1.74 bits per heavy atom. The van der Waals surface area contributed by atoms with E-state index in [1.165, 1.54) is 35.5 Å². The van der Waals surface area contributed by atoms with Crippen molar-refractivity contribution in [2.45, 2.75) is 13.0 Å². The monoisotopic (exact) mass is 548 g/mol. The first-order valence-corrected chi connectivity index (χ1v) is 12.8. The van der Waals surface area contributed by atoms with Crippen LogP contribution in [0.1, 0.15) is 34.5 Å². The normalized spacial score (nSPS) is 16.7. The predicted octanol–water partition coefficient (Wildman–Crippen LogP) is 5.76. The molecule has 4 aromatic rings. The van der Waals surface area contributed by atoms with Crippen molar-refractivity contribution < 1.29 is 29.0 Å². The molecule has 1 aliphatic rings. The van der Waals surface area contributed by atoms with Crippen LogP contribution in [0.4, 0.5) is 5.13 Å². The molecule has 1 atom stereocenters. The first-order chi connectivity index (χ1) is 18.3. The Morgan fingerprint density at radius 3 is 2.39 bits per heavy atom. The minimum absolute atomic E-state index is 0.0951. The number of hydrogen-bond donors (Lipinski definition) is 1. The number of anilines is 1. The second kappa shape index (κ2) is 10.3. The number of methoxy groups -OCH3 is 1. The van der Waals surface area contributed by atoms with E-state index < -0.39 is 23.7 Å². The van der Waals surface area contributed by atoms with Crippen molar-refractivity contribution >= 4 is 61.7 Å². The number of benzene rings is 3. The molecule has 10 heteroatoms. The van der Waals surface area contributed by atoms with Gasteiger partial charge in [-0.3, -0.25) is 14.5 Å². The van der Waals surface area contributed by atoms with Gasteiger partial charge in [0.2, 0.25) is 0 Å². The van der Waals surface area contributed by atoms with E-state index in [0.29, 0.717) is 39.6 Å². The number of fused-ring (bicyclic) bond motifs is 1. The topological polar surface area (TPSA) is 106 Å². The fraction of sp³-hybridized carbons (Fsp3) is 0.143. The number of aromatic nitrogens is 1. The SMILES string of the molecule is CCOc1ccc(/C(O)=C2\C(=O)C(=O)N(c3nc4ccc(Cl)cc4s3)C2c2ccc(C(=O)OC)cc2)cc1. The third-order valence-corrected chi connectivity index (χ3v) is 7.33. The number of carbonyl (C=O) groups excluding carboxylic acids is 3. The van der Waals surface area contributed by atoms with Crippen LogP contribution in [0, 0.1) is 0 Å². The largest absolute Gasteiger partial charge is 0.507 e. The molecule has 192 valence electrons. The molecule has 8 nitrogen and oxygen atoms in total. The van der Waals surface area contributed by atoms with Crippen molar-refractivity contribution in [3.63, 3.8) is 0 Å². The molecule has 5 rings (SSSR count). The molecule has 3 aromatic carbocycles. The van der Waals surface area contributed by atoms with Crippen molar-refractivity contribution in [3.05, 3.63) is 94.0 Å². The number of aliphatic hydroxyl groups excluding tert-OH is 1. The van der Waals surface area contributed by atoms with E-state index in [2.05, 4.69) is 4.98 Å². The Morgan fingerprint density at radius 1 is 1.05 bits per heavy atom. The lowest BCUT2D eigenvalue weighted by atomic mass is 9.94. The second-order valence-electron chi connectivity index (χ2n) is 8.35. The summed E-state index contributed by atoms with van der Waals surface area (Å²) < 4.78 is 11.0. The third kappa shape index (κ3) is 4.51. The Labute approximate surface area is 226 Å². The van der Waals surface area contributed by atoms with Crippen LogP contribution >= 0.6 is 22.9 Å². The van der Waals surface area contributed by atoms with Crippen molar-refractivity contribution in [3.8, 4) is 5.75 Å². The molecule has 1 fully saturated rings. The first-order valence-electron chi connectivity index (χ1n) is 11.6. The van der Waals surface area contributed by atoms with Crippen molar-refractivity contribution in [2.75, 3.05) is 18.6 Å². The fourth-order valence-corrected chi connectivity index (χ4v) is 5.55. The van der Waals surface area contributed by atoms with E-state index in [-0.39, 0.29) is 16.5 Å². The highest BCUT2D eigenvalue weighted by atomic mass is 35.5. The molecule has 1 aliphatic heterocycles. The molecule has 1 unspecified atom stereocenters. The van der Waals surface area contributed by atoms with Gasteiger partial charge in [-0.15, -0.1) is 0 Å². The lowest BCUT2D eigenvalue weighted by molar-refractivity contribution is -0.132. The number of amides is 1. The highest BCUT2D eigenvalue weighted by molar-refractivity contribution is 7.22. The fourth-order valence-electron chi connectivity index (χ4n) is 4.29. The molecule has 0 spiro atoms. The van der Waals surface area contributed by atoms with E-state index in [0.717, 1.165) is 4.70 Å². The Hall–Kier alpha value is -4.21. The van der Waals surface area contributed by atoms with Gasteiger partial charge >= 0.3 is 11.9 Å². The van der Waals surface area contributed by atoms with Gasteiger partial charge in [0.1, 0.15) is 11.5 Å². The zero-order valence-electron chi connectivity index (χ0n) is 20.3. The van der Waals surface area contributed by atoms with E-state index in [1.54, 1.807) is 54.6 Å². The van der Waals surface area contributed by atoms with Crippen LogP contribution in [0.3, 0.4) is 0 Å². The Kier molecular flexibility index (Phi) is 6.88. The summed E-state index contributed by atoms with van der Waals surface area (Å²) in [6.45, 7) is 2.34. The van der Waals surface area contributed by atoms with E-state index in [4.69, 9.17) is 21.1 Å². The van der Waals surface area contributed by atoms with Gasteiger partial charge in [-0.2, -0.15) is 0 Å². The summed E-state index contributed by atoms with van der Waals surface area (Å²) in [5.41, 5.74) is 1.67. The molecule has 0 radical (unpaired) electrons. The molecule has 0 aliphatic carbocycles. The van der Waals surface area contributed by atoms with Crippen molar-refractivity contribution in [2.24, 2.45) is 0 Å². The molecule has 1 amide bonds. The van der Waals surface area contributed by atoms with Crippen LogP contribution in [0.25, 0.3) is 16.0 Å². The summed E-state index contributed by atoms with van der Waals surface area (Å²) in [6, 6.07) is 17.0. The van der Waals surface area contributed by atoms with Gasteiger partial charge < -0.3 is 14.6 Å². The number of Topliss-reactive ketones (excluding diaryl/α,β-unsaturated/α-hetero) is 1. The summed E-state index contributed by atoms with van der Waals surface area (Å²) in [7, 11) is 1.28. The molecular weight excluding hydrogens is 528 g/mol. The van der Waals surface area contributed by atoms with Crippen LogP contribution < -0.4 is 9.64 Å². The molecule has 0 bridgehead atoms. The molecule has 2 heterocycles. The van der Waals surface area contributed by atoms with Gasteiger partial charge in [-0.1, -0.05) is 35.1 Å². The van der Waals surface area contributed by atoms with Crippen molar-refractivity contribution in [1.29, 1.82) is 0 Å². The smallest absolute Gasteiger partial charge is 0.337 e. The summed E-state index contributed by atoms with van der Waals surface area (Å²) in [5.74, 6) is -1.93. The van der Waals surface area contributed by atoms with Crippen LogP contribution in [0.15, 0.2) is 72.3 Å². The maximum absolute atomic E-state index is 13.4.